The van der Waals surface area contributed by atoms with Crippen LogP contribution in [-0.2, 0) is 16.0 Å². The third-order valence-corrected chi connectivity index (χ3v) is 6.15. The van der Waals surface area contributed by atoms with Crippen LogP contribution in [0.5, 0.6) is 5.75 Å². The summed E-state index contributed by atoms with van der Waals surface area (Å²) >= 11 is 6.20. The molecule has 1 aliphatic rings. The predicted molar refractivity (Wildman–Crippen MR) is 137 cm³/mol. The summed E-state index contributed by atoms with van der Waals surface area (Å²) < 4.78 is 14.5. The molecule has 0 N–H and O–H groups in total. The molecule has 190 valence electrons. The van der Waals surface area contributed by atoms with E-state index in [1.54, 1.807) is 39.0 Å². The van der Waals surface area contributed by atoms with Crippen molar-refractivity contribution < 1.29 is 19.1 Å². The van der Waals surface area contributed by atoms with Gasteiger partial charge in [-0.15, -0.1) is 0 Å². The van der Waals surface area contributed by atoms with Gasteiger partial charge in [0.1, 0.15) is 17.4 Å². The van der Waals surface area contributed by atoms with E-state index >= 15 is 0 Å². The van der Waals surface area contributed by atoms with Gasteiger partial charge in [0.15, 0.2) is 5.78 Å². The zero-order valence-corrected chi connectivity index (χ0v) is 21.8. The lowest BCUT2D eigenvalue weighted by Gasteiger charge is -2.25. The number of carbonyl (C=O) groups is 2. The Morgan fingerprint density at radius 2 is 1.89 bits per heavy atom. The van der Waals surface area contributed by atoms with Crippen molar-refractivity contribution in [2.75, 3.05) is 7.11 Å². The number of nitrogens with zero attached hydrogens (tertiary/aromatic N) is 3. The highest BCUT2D eigenvalue weighted by Gasteiger charge is 2.31. The average molecular weight is 512 g/mol. The lowest BCUT2D eigenvalue weighted by Crippen LogP contribution is -2.36. The summed E-state index contributed by atoms with van der Waals surface area (Å²) in [5, 5.41) is 5.02. The number of esters is 1. The van der Waals surface area contributed by atoms with Crippen LogP contribution in [0.25, 0.3) is 11.1 Å². The van der Waals surface area contributed by atoms with E-state index in [0.29, 0.717) is 39.2 Å². The molecule has 2 aromatic heterocycles. The molecular formula is C27H30ClN3O5. The van der Waals surface area contributed by atoms with Crippen molar-refractivity contribution in [3.05, 3.63) is 69.4 Å². The molecule has 0 bridgehead atoms. The molecule has 8 nitrogen and oxygen atoms in total. The number of pyridine rings is 1. The molecule has 0 aliphatic heterocycles. The zero-order valence-electron chi connectivity index (χ0n) is 21.1. The first-order valence-corrected chi connectivity index (χ1v) is 12.2. The van der Waals surface area contributed by atoms with Gasteiger partial charge >= 0.3 is 5.97 Å². The Labute approximate surface area is 214 Å². The number of methoxy groups -OCH3 is 1. The molecule has 1 saturated carbocycles. The second kappa shape index (κ2) is 9.93. The largest absolute Gasteiger partial charge is 0.495 e. The van der Waals surface area contributed by atoms with Crippen molar-refractivity contribution in [1.29, 1.82) is 0 Å². The molecule has 3 aromatic rings. The summed E-state index contributed by atoms with van der Waals surface area (Å²) in [6.45, 7) is 6.77. The van der Waals surface area contributed by atoms with E-state index in [-0.39, 0.29) is 12.2 Å². The van der Waals surface area contributed by atoms with Crippen molar-refractivity contribution >= 4 is 23.4 Å². The van der Waals surface area contributed by atoms with E-state index in [1.165, 1.54) is 30.9 Å². The van der Waals surface area contributed by atoms with Gasteiger partial charge in [-0.1, -0.05) is 11.6 Å². The van der Waals surface area contributed by atoms with Crippen LogP contribution in [0, 0.1) is 0 Å². The summed E-state index contributed by atoms with van der Waals surface area (Å²) in [4.78, 5) is 39.0. The summed E-state index contributed by atoms with van der Waals surface area (Å²) in [5.41, 5.74) is 0.789. The second-order valence-electron chi connectivity index (χ2n) is 10.0. The Bertz CT molecular complexity index is 1360. The summed E-state index contributed by atoms with van der Waals surface area (Å²) in [6, 6.07) is 7.51. The molecule has 36 heavy (non-hydrogen) atoms. The Hall–Kier alpha value is -3.39. The molecule has 1 aliphatic carbocycles. The Morgan fingerprint density at radius 3 is 2.50 bits per heavy atom. The molecule has 1 atom stereocenters. The maximum atomic E-state index is 13.4. The molecule has 4 rings (SSSR count). The topological polar surface area (TPSA) is 92.4 Å². The van der Waals surface area contributed by atoms with Gasteiger partial charge in [-0.2, -0.15) is 5.10 Å². The van der Waals surface area contributed by atoms with Crippen LogP contribution < -0.4 is 10.3 Å². The smallest absolute Gasteiger partial charge is 0.330 e. The fourth-order valence-electron chi connectivity index (χ4n) is 4.08. The van der Waals surface area contributed by atoms with Gasteiger partial charge in [-0.05, 0) is 70.4 Å². The van der Waals surface area contributed by atoms with E-state index < -0.39 is 23.2 Å². The first-order chi connectivity index (χ1) is 17.0. The van der Waals surface area contributed by atoms with E-state index in [0.717, 1.165) is 12.8 Å². The van der Waals surface area contributed by atoms with Crippen molar-refractivity contribution in [2.24, 2.45) is 0 Å². The first-order valence-electron chi connectivity index (χ1n) is 11.8. The Balaban J connectivity index is 1.80. The van der Waals surface area contributed by atoms with Crippen LogP contribution >= 0.6 is 11.6 Å². The van der Waals surface area contributed by atoms with Gasteiger partial charge in [0.25, 0.3) is 5.56 Å². The fourth-order valence-corrected chi connectivity index (χ4v) is 4.26. The van der Waals surface area contributed by atoms with Crippen LogP contribution in [0.3, 0.4) is 0 Å². The third kappa shape index (κ3) is 5.70. The molecule has 1 fully saturated rings. The quantitative estimate of drug-likeness (QED) is 0.311. The molecular weight excluding hydrogens is 482 g/mol. The first kappa shape index (κ1) is 25.7. The van der Waals surface area contributed by atoms with Crippen molar-refractivity contribution in [3.8, 4) is 16.9 Å². The number of ketones is 1. The molecule has 9 heteroatoms. The predicted octanol–water partition coefficient (Wildman–Crippen LogP) is 5.04. The standard InChI is InChI=1S/C27H30ClN3O5/c1-16(32)20-9-6-17(28)12-21(20)22-14-25(33)30(15-24(22)35-5)23(26(34)36-27(2,3)4)13-18-10-11-31(29-18)19-7-8-19/h6,9-12,14-15,19,23H,7-8,13H2,1-5H3. The van der Waals surface area contributed by atoms with Crippen LogP contribution in [-0.4, -0.2) is 38.8 Å². The van der Waals surface area contributed by atoms with Crippen molar-refractivity contribution in [1.82, 2.24) is 14.3 Å². The molecule has 0 saturated heterocycles. The minimum Gasteiger partial charge on any atom is -0.495 e. The maximum Gasteiger partial charge on any atom is 0.330 e. The monoisotopic (exact) mass is 511 g/mol. The van der Waals surface area contributed by atoms with E-state index in [2.05, 4.69) is 5.10 Å². The number of hydrogen-bond acceptors (Lipinski definition) is 6. The number of hydrogen-bond donors (Lipinski definition) is 0. The second-order valence-corrected chi connectivity index (χ2v) is 10.5. The summed E-state index contributed by atoms with van der Waals surface area (Å²) in [6.07, 6.45) is 5.72. The third-order valence-electron chi connectivity index (χ3n) is 5.92. The fraction of sp³-hybridized carbons (Fsp3) is 0.407. The molecule has 0 radical (unpaired) electrons. The van der Waals surface area contributed by atoms with E-state index in [4.69, 9.17) is 21.1 Å². The van der Waals surface area contributed by atoms with Gasteiger partial charge < -0.3 is 9.47 Å². The molecule has 1 aromatic carbocycles. The number of carbonyl (C=O) groups excluding carboxylic acids is 2. The highest BCUT2D eigenvalue weighted by Crippen LogP contribution is 2.35. The average Bonchev–Trinajstić information content (AvgIpc) is 3.54. The molecule has 0 amide bonds. The molecule has 1 unspecified atom stereocenters. The lowest BCUT2D eigenvalue weighted by atomic mass is 9.97. The van der Waals surface area contributed by atoms with Gasteiger partial charge in [0, 0.05) is 34.8 Å². The number of ether oxygens (including phenoxy) is 2. The Morgan fingerprint density at radius 1 is 1.17 bits per heavy atom. The van der Waals surface area contributed by atoms with Crippen molar-refractivity contribution in [2.45, 2.75) is 64.6 Å². The highest BCUT2D eigenvalue weighted by molar-refractivity contribution is 6.31. The number of rotatable bonds is 8. The summed E-state index contributed by atoms with van der Waals surface area (Å²) in [5.74, 6) is -0.408. The van der Waals surface area contributed by atoms with Crippen LogP contribution in [0.2, 0.25) is 5.02 Å². The molecule has 2 heterocycles. The highest BCUT2D eigenvalue weighted by atomic mass is 35.5. The molecule has 0 spiro atoms. The minimum atomic E-state index is -0.964. The van der Waals surface area contributed by atoms with Crippen molar-refractivity contribution in [3.63, 3.8) is 0 Å². The SMILES string of the molecule is COc1cn(C(Cc2ccn(C3CC3)n2)C(=O)OC(C)(C)C)c(=O)cc1-c1cc(Cl)ccc1C(C)=O. The van der Waals surface area contributed by atoms with E-state index in [9.17, 15) is 14.4 Å². The maximum absolute atomic E-state index is 13.4. The van der Waals surface area contributed by atoms with Crippen LogP contribution in [0.15, 0.2) is 47.5 Å². The normalized spacial score (nSPS) is 14.4. The Kier molecular flexibility index (Phi) is 7.09. The van der Waals surface area contributed by atoms with Crippen LogP contribution in [0.1, 0.15) is 68.7 Å². The lowest BCUT2D eigenvalue weighted by molar-refractivity contribution is -0.159. The number of Topliss-reactive ketones (excluding diaryl/α,β-unsaturated/α-hetero) is 1. The number of aromatic nitrogens is 3. The van der Waals surface area contributed by atoms with E-state index in [1.807, 2.05) is 16.9 Å². The zero-order chi connectivity index (χ0) is 26.2. The van der Waals surface area contributed by atoms with Gasteiger partial charge in [0.05, 0.1) is 25.0 Å². The number of benzene rings is 1. The number of halogens is 1. The minimum absolute atomic E-state index is 0.174. The van der Waals surface area contributed by atoms with Gasteiger partial charge in [-0.3, -0.25) is 18.8 Å². The van der Waals surface area contributed by atoms with Gasteiger partial charge in [0.2, 0.25) is 0 Å². The van der Waals surface area contributed by atoms with Gasteiger partial charge in [-0.25, -0.2) is 4.79 Å². The van der Waals surface area contributed by atoms with Crippen LogP contribution in [0.4, 0.5) is 0 Å². The summed E-state index contributed by atoms with van der Waals surface area (Å²) in [7, 11) is 1.46.